The lowest BCUT2D eigenvalue weighted by Gasteiger charge is -2.27. The molecule has 2 atom stereocenters. The molecule has 2 unspecified atom stereocenters. The van der Waals surface area contributed by atoms with Crippen LogP contribution in [-0.4, -0.2) is 59.3 Å². The standard InChI is InChI=1S/C22H34N4O2S.HI/c1-16(12-18-8-7-11-29-18)14-24-22(23-2)25-15-19(26(3)4)17-9-10-20(27-5)21(13-17)28-6;/h7-11,13,16,19H,12,14-15H2,1-6H3,(H2,23,24,25);1H. The zero-order valence-corrected chi connectivity index (χ0v) is 21.9. The summed E-state index contributed by atoms with van der Waals surface area (Å²) in [7, 11) is 9.26. The minimum absolute atomic E-state index is 0. The molecule has 8 heteroatoms. The number of aliphatic imine (C=N–C) groups is 1. The summed E-state index contributed by atoms with van der Waals surface area (Å²) in [5, 5.41) is 9.04. The van der Waals surface area contributed by atoms with E-state index in [1.165, 1.54) is 4.88 Å². The fourth-order valence-corrected chi connectivity index (χ4v) is 4.06. The summed E-state index contributed by atoms with van der Waals surface area (Å²) in [4.78, 5) is 7.98. The van der Waals surface area contributed by atoms with Gasteiger partial charge in [0.25, 0.3) is 0 Å². The smallest absolute Gasteiger partial charge is 0.191 e. The Morgan fingerprint density at radius 1 is 1.10 bits per heavy atom. The summed E-state index contributed by atoms with van der Waals surface area (Å²) in [5.74, 6) is 2.82. The fourth-order valence-electron chi connectivity index (χ4n) is 3.19. The number of hydrogen-bond acceptors (Lipinski definition) is 5. The minimum atomic E-state index is 0. The van der Waals surface area contributed by atoms with Crippen molar-refractivity contribution in [1.82, 2.24) is 15.5 Å². The van der Waals surface area contributed by atoms with Crippen molar-refractivity contribution in [1.29, 1.82) is 0 Å². The third-order valence-corrected chi connectivity index (χ3v) is 5.75. The third kappa shape index (κ3) is 7.96. The number of nitrogens with zero attached hydrogens (tertiary/aromatic N) is 2. The number of benzene rings is 1. The van der Waals surface area contributed by atoms with E-state index >= 15 is 0 Å². The maximum absolute atomic E-state index is 5.46. The zero-order valence-electron chi connectivity index (χ0n) is 18.8. The predicted octanol–water partition coefficient (Wildman–Crippen LogP) is 4.03. The van der Waals surface area contributed by atoms with Gasteiger partial charge in [-0.25, -0.2) is 0 Å². The van der Waals surface area contributed by atoms with E-state index in [1.807, 2.05) is 23.5 Å². The van der Waals surface area contributed by atoms with Gasteiger partial charge < -0.3 is 25.0 Å². The lowest BCUT2D eigenvalue weighted by Crippen LogP contribution is -2.43. The summed E-state index contributed by atoms with van der Waals surface area (Å²) in [6.07, 6.45) is 1.08. The van der Waals surface area contributed by atoms with E-state index in [2.05, 4.69) is 65.1 Å². The summed E-state index contributed by atoms with van der Waals surface area (Å²) in [6.45, 7) is 3.86. The molecule has 0 aliphatic carbocycles. The molecule has 2 N–H and O–H groups in total. The molecule has 0 aliphatic heterocycles. The molecule has 0 amide bonds. The van der Waals surface area contributed by atoms with Crippen LogP contribution in [0, 0.1) is 5.92 Å². The van der Waals surface area contributed by atoms with Crippen molar-refractivity contribution < 1.29 is 9.47 Å². The van der Waals surface area contributed by atoms with Crippen LogP contribution >= 0.6 is 35.3 Å². The van der Waals surface area contributed by atoms with E-state index in [0.29, 0.717) is 5.92 Å². The second-order valence-electron chi connectivity index (χ2n) is 7.32. The van der Waals surface area contributed by atoms with Crippen molar-refractivity contribution in [3.8, 4) is 11.5 Å². The van der Waals surface area contributed by atoms with E-state index in [1.54, 1.807) is 21.3 Å². The van der Waals surface area contributed by atoms with Crippen molar-refractivity contribution >= 4 is 41.3 Å². The summed E-state index contributed by atoms with van der Waals surface area (Å²) < 4.78 is 10.8. The molecule has 1 heterocycles. The van der Waals surface area contributed by atoms with Crippen LogP contribution in [0.15, 0.2) is 40.7 Å². The SMILES string of the molecule is CN=C(NCC(C)Cc1cccs1)NCC(c1ccc(OC)c(OC)c1)N(C)C.I. The van der Waals surface area contributed by atoms with E-state index in [0.717, 1.165) is 42.5 Å². The molecule has 6 nitrogen and oxygen atoms in total. The lowest BCUT2D eigenvalue weighted by molar-refractivity contribution is 0.295. The molecule has 0 bridgehead atoms. The van der Waals surface area contributed by atoms with Crippen molar-refractivity contribution in [2.45, 2.75) is 19.4 Å². The van der Waals surface area contributed by atoms with Crippen molar-refractivity contribution in [2.24, 2.45) is 10.9 Å². The van der Waals surface area contributed by atoms with Gasteiger partial charge in [0.2, 0.25) is 0 Å². The van der Waals surface area contributed by atoms with Crippen LogP contribution in [0.25, 0.3) is 0 Å². The van der Waals surface area contributed by atoms with Crippen LogP contribution in [0.2, 0.25) is 0 Å². The molecule has 2 aromatic rings. The number of methoxy groups -OCH3 is 2. The van der Waals surface area contributed by atoms with Crippen LogP contribution in [-0.2, 0) is 6.42 Å². The monoisotopic (exact) mass is 546 g/mol. The molecular formula is C22H35IN4O2S. The molecule has 2 rings (SSSR count). The van der Waals surface area contributed by atoms with Crippen LogP contribution in [0.5, 0.6) is 11.5 Å². The first-order chi connectivity index (χ1) is 14.0. The third-order valence-electron chi connectivity index (χ3n) is 4.85. The van der Waals surface area contributed by atoms with Crippen LogP contribution in [0.1, 0.15) is 23.4 Å². The summed E-state index contributed by atoms with van der Waals surface area (Å²) >= 11 is 1.81. The first-order valence-electron chi connectivity index (χ1n) is 9.83. The van der Waals surface area contributed by atoms with Crippen LogP contribution < -0.4 is 20.1 Å². The van der Waals surface area contributed by atoms with Gasteiger partial charge in [0, 0.05) is 25.0 Å². The number of rotatable bonds is 10. The summed E-state index contributed by atoms with van der Waals surface area (Å²) in [6, 6.07) is 10.5. The Morgan fingerprint density at radius 2 is 1.80 bits per heavy atom. The molecule has 0 radical (unpaired) electrons. The number of likely N-dealkylation sites (N-methyl/N-ethyl adjacent to an activating group) is 1. The first kappa shape index (κ1) is 26.5. The molecule has 0 saturated carbocycles. The highest BCUT2D eigenvalue weighted by molar-refractivity contribution is 14.0. The molecule has 0 spiro atoms. The predicted molar refractivity (Wildman–Crippen MR) is 138 cm³/mol. The molecular weight excluding hydrogens is 511 g/mol. The van der Waals surface area contributed by atoms with Crippen molar-refractivity contribution in [3.05, 3.63) is 46.2 Å². The first-order valence-corrected chi connectivity index (χ1v) is 10.7. The minimum Gasteiger partial charge on any atom is -0.493 e. The van der Waals surface area contributed by atoms with Gasteiger partial charge in [-0.1, -0.05) is 19.1 Å². The Kier molecular flexibility index (Phi) is 12.1. The topological polar surface area (TPSA) is 58.1 Å². The molecule has 0 aliphatic rings. The Balaban J connectivity index is 0.00000450. The van der Waals surface area contributed by atoms with Gasteiger partial charge in [-0.15, -0.1) is 35.3 Å². The maximum Gasteiger partial charge on any atom is 0.191 e. The Labute approximate surface area is 202 Å². The second kappa shape index (κ2) is 13.7. The van der Waals surface area contributed by atoms with Crippen LogP contribution in [0.4, 0.5) is 0 Å². The van der Waals surface area contributed by atoms with E-state index in [4.69, 9.17) is 9.47 Å². The highest BCUT2D eigenvalue weighted by atomic mass is 127. The highest BCUT2D eigenvalue weighted by Crippen LogP contribution is 2.31. The van der Waals surface area contributed by atoms with E-state index in [9.17, 15) is 0 Å². The van der Waals surface area contributed by atoms with E-state index < -0.39 is 0 Å². The number of hydrogen-bond donors (Lipinski definition) is 2. The maximum atomic E-state index is 5.46. The molecule has 1 aromatic carbocycles. The average Bonchev–Trinajstić information content (AvgIpc) is 3.22. The zero-order chi connectivity index (χ0) is 21.2. The highest BCUT2D eigenvalue weighted by Gasteiger charge is 2.17. The summed E-state index contributed by atoms with van der Waals surface area (Å²) in [5.41, 5.74) is 1.15. The number of guanidine groups is 1. The van der Waals surface area contributed by atoms with Crippen molar-refractivity contribution in [3.63, 3.8) is 0 Å². The number of ether oxygens (including phenoxy) is 2. The largest absolute Gasteiger partial charge is 0.493 e. The molecule has 1 aromatic heterocycles. The van der Waals surface area contributed by atoms with Gasteiger partial charge in [-0.05, 0) is 55.6 Å². The van der Waals surface area contributed by atoms with Gasteiger partial charge in [-0.2, -0.15) is 0 Å². The molecule has 168 valence electrons. The average molecular weight is 547 g/mol. The van der Waals surface area contributed by atoms with Crippen LogP contribution in [0.3, 0.4) is 0 Å². The molecule has 0 saturated heterocycles. The normalized spacial score (nSPS) is 13.4. The Morgan fingerprint density at radius 3 is 2.37 bits per heavy atom. The number of thiophene rings is 1. The van der Waals surface area contributed by atoms with E-state index in [-0.39, 0.29) is 30.0 Å². The van der Waals surface area contributed by atoms with Gasteiger partial charge in [0.15, 0.2) is 17.5 Å². The second-order valence-corrected chi connectivity index (χ2v) is 8.35. The van der Waals surface area contributed by atoms with Gasteiger partial charge in [0.05, 0.1) is 20.3 Å². The van der Waals surface area contributed by atoms with Gasteiger partial charge in [-0.3, -0.25) is 4.99 Å². The number of nitrogens with one attached hydrogen (secondary N) is 2. The van der Waals surface area contributed by atoms with Gasteiger partial charge in [0.1, 0.15) is 0 Å². The lowest BCUT2D eigenvalue weighted by atomic mass is 10.1. The number of halogens is 1. The van der Waals surface area contributed by atoms with Crippen molar-refractivity contribution in [2.75, 3.05) is 48.5 Å². The quantitative estimate of drug-likeness (QED) is 0.268. The molecule has 0 fully saturated rings. The molecule has 30 heavy (non-hydrogen) atoms. The Bertz CT molecular complexity index is 769. The Hall–Kier alpha value is -1.52. The van der Waals surface area contributed by atoms with Gasteiger partial charge >= 0.3 is 0 Å². The fraction of sp³-hybridized carbons (Fsp3) is 0.500.